The van der Waals surface area contributed by atoms with E-state index in [0.717, 1.165) is 25.7 Å². The lowest BCUT2D eigenvalue weighted by Crippen LogP contribution is -2.62. The number of esters is 1. The van der Waals surface area contributed by atoms with Crippen LogP contribution < -0.4 is 0 Å². The van der Waals surface area contributed by atoms with Crippen LogP contribution in [0.25, 0.3) is 0 Å². The lowest BCUT2D eigenvalue weighted by molar-refractivity contribution is -0.883. The van der Waals surface area contributed by atoms with Gasteiger partial charge in [0.2, 0.25) is 0 Å². The maximum absolute atomic E-state index is 13.2. The first-order valence-corrected chi connectivity index (χ1v) is 18.6. The van der Waals surface area contributed by atoms with Crippen molar-refractivity contribution < 1.29 is 43.7 Å². The van der Waals surface area contributed by atoms with Crippen molar-refractivity contribution in [1.82, 2.24) is 4.90 Å². The fourth-order valence-electron chi connectivity index (χ4n) is 11.5. The number of quaternary nitrogens is 1. The molecule has 10 heteroatoms. The van der Waals surface area contributed by atoms with Gasteiger partial charge in [-0.25, -0.2) is 4.79 Å². The number of amides is 2. The van der Waals surface area contributed by atoms with Crippen molar-refractivity contribution in [3.05, 3.63) is 35.4 Å². The second-order valence-corrected chi connectivity index (χ2v) is 17.4. The number of aliphatic hydroxyl groups excluding tert-OH is 2. The van der Waals surface area contributed by atoms with Crippen LogP contribution in [-0.2, 0) is 14.3 Å². The third-order valence-corrected chi connectivity index (χ3v) is 14.2. The van der Waals surface area contributed by atoms with Crippen LogP contribution in [0.5, 0.6) is 0 Å². The van der Waals surface area contributed by atoms with E-state index in [-0.39, 0.29) is 83.2 Å². The van der Waals surface area contributed by atoms with Crippen LogP contribution in [-0.4, -0.2) is 100 Å². The smallest absolute Gasteiger partial charge is 0.362 e. The van der Waals surface area contributed by atoms with E-state index in [4.69, 9.17) is 4.74 Å². The number of aliphatic carboxylic acids is 1. The molecule has 0 bridgehead atoms. The van der Waals surface area contributed by atoms with E-state index >= 15 is 0 Å². The molecular formula is C39H57N2O8+. The van der Waals surface area contributed by atoms with Crippen molar-refractivity contribution >= 4 is 23.8 Å². The topological polar surface area (TPSA) is 141 Å². The molecule has 3 N–H and O–H groups in total. The number of imide groups is 1. The van der Waals surface area contributed by atoms with Gasteiger partial charge in [-0.1, -0.05) is 32.9 Å². The average Bonchev–Trinajstić information content (AvgIpc) is 3.51. The molecule has 11 atom stereocenters. The maximum Gasteiger partial charge on any atom is 0.362 e. The number of nitrogens with zero attached hydrogens (tertiary/aromatic N) is 2. The van der Waals surface area contributed by atoms with Crippen molar-refractivity contribution in [1.29, 1.82) is 0 Å². The minimum atomic E-state index is -0.779. The second kappa shape index (κ2) is 13.4. The number of fused-ring (bicyclic) bond motifs is 6. The van der Waals surface area contributed by atoms with Gasteiger partial charge in [0.1, 0.15) is 6.10 Å². The predicted octanol–water partition coefficient (Wildman–Crippen LogP) is 4.76. The Hall–Kier alpha value is -2.82. The van der Waals surface area contributed by atoms with Crippen LogP contribution in [0.4, 0.5) is 0 Å². The summed E-state index contributed by atoms with van der Waals surface area (Å²) in [6, 6.07) is 6.88. The van der Waals surface area contributed by atoms with Crippen LogP contribution in [0.15, 0.2) is 24.3 Å². The first-order chi connectivity index (χ1) is 23.1. The molecule has 10 nitrogen and oxygen atoms in total. The molecule has 0 unspecified atom stereocenters. The van der Waals surface area contributed by atoms with Crippen LogP contribution in [0.1, 0.15) is 106 Å². The number of carbonyl (C=O) groups is 4. The third kappa shape index (κ3) is 6.46. The molecule has 0 aromatic heterocycles. The molecule has 1 aliphatic heterocycles. The first kappa shape index (κ1) is 36.0. The third-order valence-electron chi connectivity index (χ3n) is 14.2. The van der Waals surface area contributed by atoms with Crippen LogP contribution in [0.3, 0.4) is 0 Å². The molecule has 0 radical (unpaired) electrons. The van der Waals surface area contributed by atoms with E-state index in [1.807, 2.05) is 14.1 Å². The van der Waals surface area contributed by atoms with E-state index in [9.17, 15) is 34.5 Å². The van der Waals surface area contributed by atoms with E-state index < -0.39 is 18.2 Å². The minimum absolute atomic E-state index is 0.0540. The SMILES string of the molecule is C[C@H](CCC(=O)O)[C@H]1CC[C@H]2[C@@H]3[C@H](O)C[C@@H]4C[C@H](OC(=O)C[N+](C)(C)CCCN5C(=O)c6ccccc6C5=O)CC[C@]4(C)[C@H]3C[C@H](O)[C@]12C. The maximum atomic E-state index is 13.2. The van der Waals surface area contributed by atoms with Gasteiger partial charge < -0.3 is 24.5 Å². The molecule has 4 aliphatic carbocycles. The van der Waals surface area contributed by atoms with Crippen LogP contribution >= 0.6 is 0 Å². The van der Waals surface area contributed by atoms with E-state index in [2.05, 4.69) is 20.8 Å². The molecular weight excluding hydrogens is 624 g/mol. The largest absolute Gasteiger partial charge is 0.481 e. The average molecular weight is 682 g/mol. The zero-order valence-corrected chi connectivity index (χ0v) is 30.0. The molecule has 1 aromatic rings. The molecule has 270 valence electrons. The highest BCUT2D eigenvalue weighted by atomic mass is 16.5. The Kier molecular flexibility index (Phi) is 9.83. The summed E-state index contributed by atoms with van der Waals surface area (Å²) in [6.45, 7) is 7.77. The lowest BCUT2D eigenvalue weighted by atomic mass is 9.43. The highest BCUT2D eigenvalue weighted by Crippen LogP contribution is 2.68. The number of ether oxygens (including phenoxy) is 1. The van der Waals surface area contributed by atoms with Crippen LogP contribution in [0.2, 0.25) is 0 Å². The Bertz CT molecular complexity index is 1430. The number of rotatable bonds is 11. The lowest BCUT2D eigenvalue weighted by Gasteiger charge is -2.63. The van der Waals surface area contributed by atoms with Crippen LogP contribution in [0, 0.1) is 46.3 Å². The number of hydrogen-bond acceptors (Lipinski definition) is 7. The molecule has 49 heavy (non-hydrogen) atoms. The fourth-order valence-corrected chi connectivity index (χ4v) is 11.5. The van der Waals surface area contributed by atoms with E-state index in [1.54, 1.807) is 24.3 Å². The van der Waals surface area contributed by atoms with Crippen molar-refractivity contribution in [2.45, 2.75) is 103 Å². The van der Waals surface area contributed by atoms with Crippen molar-refractivity contribution in [3.63, 3.8) is 0 Å². The highest BCUT2D eigenvalue weighted by molar-refractivity contribution is 6.21. The summed E-state index contributed by atoms with van der Waals surface area (Å²) >= 11 is 0. The standard InChI is InChI=1S/C39H56N2O8/c1-23(11-14-33(44)45)28-12-13-29-35-30(21-32(43)39(28,29)3)38(2)16-15-25(19-24(38)20-31(35)42)49-34(46)22-41(4,5)18-8-17-40-36(47)26-9-6-7-10-27(26)37(40)48/h6-7,9-10,23-25,28-32,35,42-43H,8,11-22H2,1-5H3/p+1/t23-,24+,25-,28-,29+,30+,31-,32+,35+,38+,39-/m1/s1. The Morgan fingerprint density at radius 2 is 1.67 bits per heavy atom. The van der Waals surface area contributed by atoms with Gasteiger partial charge in [-0.05, 0) is 110 Å². The zero-order chi connectivity index (χ0) is 35.5. The molecule has 4 fully saturated rings. The highest BCUT2D eigenvalue weighted by Gasteiger charge is 2.66. The molecule has 5 aliphatic rings. The number of carbonyl (C=O) groups excluding carboxylic acids is 3. The Morgan fingerprint density at radius 3 is 2.33 bits per heavy atom. The van der Waals surface area contributed by atoms with Crippen molar-refractivity contribution in [3.8, 4) is 0 Å². The summed E-state index contributed by atoms with van der Waals surface area (Å²) in [4.78, 5) is 51.3. The molecule has 6 rings (SSSR count). The molecule has 0 spiro atoms. The minimum Gasteiger partial charge on any atom is -0.481 e. The summed E-state index contributed by atoms with van der Waals surface area (Å²) in [7, 11) is 3.92. The fraction of sp³-hybridized carbons (Fsp3) is 0.744. The zero-order valence-electron chi connectivity index (χ0n) is 30.0. The van der Waals surface area contributed by atoms with Gasteiger partial charge in [0.25, 0.3) is 11.8 Å². The van der Waals surface area contributed by atoms with E-state index in [1.165, 1.54) is 4.90 Å². The normalized spacial score (nSPS) is 37.6. The van der Waals surface area contributed by atoms with Crippen molar-refractivity contribution in [2.24, 2.45) is 46.3 Å². The molecule has 4 saturated carbocycles. The number of carboxylic acid groups (broad SMARTS) is 1. The molecule has 1 heterocycles. The van der Waals surface area contributed by atoms with Gasteiger partial charge >= 0.3 is 11.9 Å². The number of benzene rings is 1. The molecule has 1 aromatic carbocycles. The van der Waals surface area contributed by atoms with E-state index in [0.29, 0.717) is 60.8 Å². The number of carboxylic acids is 1. The number of hydrogen-bond donors (Lipinski definition) is 3. The summed E-state index contributed by atoms with van der Waals surface area (Å²) in [5.41, 5.74) is 0.506. The van der Waals surface area contributed by atoms with Gasteiger partial charge in [0.05, 0.1) is 44.0 Å². The van der Waals surface area contributed by atoms with Gasteiger partial charge in [-0.3, -0.25) is 19.3 Å². The molecule has 2 amide bonds. The van der Waals surface area contributed by atoms with Gasteiger partial charge in [0, 0.05) is 19.4 Å². The summed E-state index contributed by atoms with van der Waals surface area (Å²) in [6.07, 6.45) is 5.76. The number of likely N-dealkylation sites (N-methyl/N-ethyl adjacent to an activating group) is 1. The Morgan fingerprint density at radius 1 is 1.00 bits per heavy atom. The summed E-state index contributed by atoms with van der Waals surface area (Å²) < 4.78 is 6.47. The first-order valence-electron chi connectivity index (χ1n) is 18.6. The Labute approximate surface area is 290 Å². The van der Waals surface area contributed by atoms with Gasteiger partial charge in [-0.15, -0.1) is 0 Å². The summed E-state index contributed by atoms with van der Waals surface area (Å²) in [5, 5.41) is 32.9. The molecule has 0 saturated heterocycles. The van der Waals surface area contributed by atoms with Gasteiger partial charge in [-0.2, -0.15) is 0 Å². The number of aliphatic hydroxyl groups is 2. The monoisotopic (exact) mass is 681 g/mol. The van der Waals surface area contributed by atoms with Crippen molar-refractivity contribution in [2.75, 3.05) is 33.7 Å². The van der Waals surface area contributed by atoms with Gasteiger partial charge in [0.15, 0.2) is 6.54 Å². The quantitative estimate of drug-likeness (QED) is 0.173. The Balaban J connectivity index is 1.03. The summed E-state index contributed by atoms with van der Waals surface area (Å²) in [5.74, 6) is -0.413. The predicted molar refractivity (Wildman–Crippen MR) is 182 cm³/mol. The second-order valence-electron chi connectivity index (χ2n) is 17.4.